The van der Waals surface area contributed by atoms with Crippen molar-refractivity contribution < 1.29 is 4.42 Å². The summed E-state index contributed by atoms with van der Waals surface area (Å²) < 4.78 is 5.99. The van der Waals surface area contributed by atoms with Crippen molar-refractivity contribution in [1.29, 1.82) is 0 Å². The quantitative estimate of drug-likeness (QED) is 0.684. The number of pyridine rings is 1. The molecule has 0 fully saturated rings. The molecule has 78 valence electrons. The molecule has 0 atom stereocenters. The van der Waals surface area contributed by atoms with Gasteiger partial charge in [0, 0.05) is 0 Å². The lowest BCUT2D eigenvalue weighted by molar-refractivity contribution is 0.579. The Labute approximate surface area is 109 Å². The van der Waals surface area contributed by atoms with Gasteiger partial charge >= 0.3 is 0 Å². The van der Waals surface area contributed by atoms with Crippen LogP contribution in [-0.4, -0.2) is 4.98 Å². The first kappa shape index (κ1) is 11.3. The van der Waals surface area contributed by atoms with E-state index in [2.05, 4.69) is 20.9 Å². The van der Waals surface area contributed by atoms with E-state index in [0.29, 0.717) is 21.5 Å². The van der Waals surface area contributed by atoms with Crippen molar-refractivity contribution >= 4 is 50.7 Å². The zero-order valence-corrected chi connectivity index (χ0v) is 11.0. The summed E-state index contributed by atoms with van der Waals surface area (Å²) in [7, 11) is 0. The third-order valence-electron chi connectivity index (χ3n) is 1.72. The average molecular weight is 327 g/mol. The Morgan fingerprint density at radius 3 is 2.53 bits per heavy atom. The van der Waals surface area contributed by atoms with Crippen LogP contribution in [0.25, 0.3) is 11.5 Å². The minimum atomic E-state index is 0.194. The summed E-state index contributed by atoms with van der Waals surface area (Å²) in [5, 5.41) is 0.896. The number of aromatic nitrogens is 1. The molecule has 15 heavy (non-hydrogen) atoms. The molecule has 0 N–H and O–H groups in total. The van der Waals surface area contributed by atoms with Gasteiger partial charge in [-0.15, -0.1) is 0 Å². The number of hydrogen-bond acceptors (Lipinski definition) is 2. The third-order valence-corrected chi connectivity index (χ3v) is 3.30. The summed E-state index contributed by atoms with van der Waals surface area (Å²) in [4.78, 5) is 4.05. The molecule has 2 rings (SSSR count). The van der Waals surface area contributed by atoms with E-state index >= 15 is 0 Å². The molecule has 0 spiro atoms. The predicted molar refractivity (Wildman–Crippen MR) is 64.7 cm³/mol. The van der Waals surface area contributed by atoms with Crippen LogP contribution in [0.1, 0.15) is 0 Å². The monoisotopic (exact) mass is 325 g/mol. The fraction of sp³-hybridized carbons (Fsp3) is 0. The highest BCUT2D eigenvalue weighted by atomic mass is 79.9. The van der Waals surface area contributed by atoms with Crippen LogP contribution < -0.4 is 0 Å². The van der Waals surface area contributed by atoms with Gasteiger partial charge in [-0.05, 0) is 28.1 Å². The summed E-state index contributed by atoms with van der Waals surface area (Å²) in [5.41, 5.74) is 0.461. The lowest BCUT2D eigenvalue weighted by Gasteiger charge is -2.02. The van der Waals surface area contributed by atoms with Crippen molar-refractivity contribution in [2.24, 2.45) is 0 Å². The van der Waals surface area contributed by atoms with E-state index in [1.807, 2.05) is 0 Å². The van der Waals surface area contributed by atoms with Gasteiger partial charge in [-0.3, -0.25) is 0 Å². The number of rotatable bonds is 1. The first-order valence-corrected chi connectivity index (χ1v) is 5.77. The van der Waals surface area contributed by atoms with Gasteiger partial charge in [0.05, 0.1) is 20.8 Å². The molecule has 0 amide bonds. The fourth-order valence-electron chi connectivity index (χ4n) is 1.07. The third kappa shape index (κ3) is 2.16. The highest BCUT2D eigenvalue weighted by molar-refractivity contribution is 9.10. The van der Waals surface area contributed by atoms with E-state index in [1.165, 1.54) is 12.3 Å². The lowest BCUT2D eigenvalue weighted by Crippen LogP contribution is -1.86. The summed E-state index contributed by atoms with van der Waals surface area (Å²) >= 11 is 20.9. The lowest BCUT2D eigenvalue weighted by atomic mass is 10.3. The van der Waals surface area contributed by atoms with Crippen molar-refractivity contribution in [2.75, 3.05) is 0 Å². The van der Waals surface area contributed by atoms with Gasteiger partial charge in [-0.2, -0.15) is 0 Å². The smallest absolute Gasteiger partial charge is 0.167 e. The van der Waals surface area contributed by atoms with Gasteiger partial charge in [0.2, 0.25) is 0 Å². The highest BCUT2D eigenvalue weighted by Gasteiger charge is 2.15. The van der Waals surface area contributed by atoms with Gasteiger partial charge < -0.3 is 4.42 Å². The zero-order valence-electron chi connectivity index (χ0n) is 7.10. The molecule has 0 aliphatic carbocycles. The minimum Gasteiger partial charge on any atom is -0.461 e. The molecular formula is C9H3BrCl3NO. The Bertz CT molecular complexity index is 512. The maximum Gasteiger partial charge on any atom is 0.167 e. The second kappa shape index (κ2) is 4.34. The number of halogens is 4. The Kier molecular flexibility index (Phi) is 3.26. The van der Waals surface area contributed by atoms with Crippen LogP contribution in [-0.2, 0) is 0 Å². The largest absolute Gasteiger partial charge is 0.461 e. The Balaban J connectivity index is 2.64. The first-order valence-electron chi connectivity index (χ1n) is 3.84. The van der Waals surface area contributed by atoms with Crippen molar-refractivity contribution in [3.63, 3.8) is 0 Å². The highest BCUT2D eigenvalue weighted by Crippen LogP contribution is 2.36. The van der Waals surface area contributed by atoms with Crippen LogP contribution in [0.15, 0.2) is 27.3 Å². The molecule has 0 aliphatic rings. The van der Waals surface area contributed by atoms with Crippen LogP contribution in [0.2, 0.25) is 15.2 Å². The summed E-state index contributed by atoms with van der Waals surface area (Å²) in [6, 6.07) is 3.28. The van der Waals surface area contributed by atoms with E-state index in [1.54, 1.807) is 6.07 Å². The molecule has 2 heterocycles. The van der Waals surface area contributed by atoms with Crippen LogP contribution in [0.3, 0.4) is 0 Å². The van der Waals surface area contributed by atoms with E-state index in [0.717, 1.165) is 4.47 Å². The second-order valence-electron chi connectivity index (χ2n) is 2.69. The second-order valence-corrected chi connectivity index (χ2v) is 4.72. The van der Waals surface area contributed by atoms with Crippen molar-refractivity contribution in [1.82, 2.24) is 4.98 Å². The van der Waals surface area contributed by atoms with Gasteiger partial charge in [0.1, 0.15) is 10.8 Å². The maximum atomic E-state index is 5.98. The Morgan fingerprint density at radius 2 is 1.93 bits per heavy atom. The van der Waals surface area contributed by atoms with Crippen molar-refractivity contribution in [3.8, 4) is 11.5 Å². The molecule has 0 aliphatic heterocycles. The zero-order chi connectivity index (χ0) is 11.0. The van der Waals surface area contributed by atoms with E-state index in [-0.39, 0.29) is 5.15 Å². The molecule has 0 aromatic carbocycles. The average Bonchev–Trinajstić information content (AvgIpc) is 2.58. The predicted octanol–water partition coefficient (Wildman–Crippen LogP) is 5.06. The molecule has 2 nitrogen and oxygen atoms in total. The Morgan fingerprint density at radius 1 is 1.20 bits per heavy atom. The summed E-state index contributed by atoms with van der Waals surface area (Å²) in [5.74, 6) is 0.526. The van der Waals surface area contributed by atoms with Crippen LogP contribution in [0, 0.1) is 0 Å². The maximum absolute atomic E-state index is 5.98. The van der Waals surface area contributed by atoms with Gasteiger partial charge in [0.25, 0.3) is 0 Å². The van der Waals surface area contributed by atoms with Crippen molar-refractivity contribution in [2.45, 2.75) is 0 Å². The standard InChI is InChI=1S/C9H3BrCl3NO/c10-4-1-2-15-8(4)7-5(11)3-6(12)9(13)14-7/h1-3H. The fourth-order valence-corrected chi connectivity index (χ4v) is 2.04. The first-order chi connectivity index (χ1) is 7.09. The molecule has 2 aromatic heterocycles. The molecule has 0 unspecified atom stereocenters. The normalized spacial score (nSPS) is 10.7. The van der Waals surface area contributed by atoms with E-state index in [9.17, 15) is 0 Å². The van der Waals surface area contributed by atoms with Crippen LogP contribution in [0.4, 0.5) is 0 Å². The van der Waals surface area contributed by atoms with Gasteiger partial charge in [-0.25, -0.2) is 4.98 Å². The van der Waals surface area contributed by atoms with E-state index in [4.69, 9.17) is 39.2 Å². The minimum absolute atomic E-state index is 0.194. The molecular weight excluding hydrogens is 324 g/mol. The van der Waals surface area contributed by atoms with E-state index < -0.39 is 0 Å². The molecule has 6 heteroatoms. The molecule has 0 bridgehead atoms. The topological polar surface area (TPSA) is 26.0 Å². The number of nitrogens with zero attached hydrogens (tertiary/aromatic N) is 1. The van der Waals surface area contributed by atoms with Crippen LogP contribution in [0.5, 0.6) is 0 Å². The summed E-state index contributed by atoms with van der Waals surface area (Å²) in [6.45, 7) is 0. The van der Waals surface area contributed by atoms with Gasteiger partial charge in [0.15, 0.2) is 5.76 Å². The molecule has 2 aromatic rings. The van der Waals surface area contributed by atoms with Crippen LogP contribution >= 0.6 is 50.7 Å². The molecule has 0 saturated heterocycles. The number of hydrogen-bond donors (Lipinski definition) is 0. The SMILES string of the molecule is Clc1cc(Cl)c(-c2occc2Br)nc1Cl. The molecule has 0 radical (unpaired) electrons. The molecule has 0 saturated carbocycles. The Hall–Kier alpha value is -0.220. The van der Waals surface area contributed by atoms with Crippen molar-refractivity contribution in [3.05, 3.63) is 38.1 Å². The number of furan rings is 1. The van der Waals surface area contributed by atoms with Gasteiger partial charge in [-0.1, -0.05) is 34.8 Å². The summed E-state index contributed by atoms with van der Waals surface area (Å²) in [6.07, 6.45) is 1.53.